The molecule has 0 heterocycles. The maximum absolute atomic E-state index is 13.4. The number of anilines is 1. The van der Waals surface area contributed by atoms with Crippen LogP contribution in [0.3, 0.4) is 0 Å². The highest BCUT2D eigenvalue weighted by atomic mass is 19.1. The van der Waals surface area contributed by atoms with Crippen molar-refractivity contribution in [1.29, 1.82) is 0 Å². The van der Waals surface area contributed by atoms with Crippen molar-refractivity contribution in [3.63, 3.8) is 0 Å². The van der Waals surface area contributed by atoms with Crippen LogP contribution in [0, 0.1) is 11.6 Å². The van der Waals surface area contributed by atoms with Crippen molar-refractivity contribution in [3.8, 4) is 5.75 Å². The number of rotatable bonds is 7. The van der Waals surface area contributed by atoms with E-state index in [0.717, 1.165) is 23.4 Å². The van der Waals surface area contributed by atoms with Gasteiger partial charge in [0.05, 0.1) is 19.3 Å². The lowest BCUT2D eigenvalue weighted by Crippen LogP contribution is -2.31. The van der Waals surface area contributed by atoms with Gasteiger partial charge in [0.25, 0.3) is 0 Å². The molecule has 0 fully saturated rings. The first-order valence-corrected chi connectivity index (χ1v) is 7.17. The smallest absolute Gasteiger partial charge is 0.239 e. The highest BCUT2D eigenvalue weighted by Gasteiger charge is 2.06. The van der Waals surface area contributed by atoms with E-state index < -0.39 is 11.6 Å². The highest BCUT2D eigenvalue weighted by Crippen LogP contribution is 2.14. The Morgan fingerprint density at radius 1 is 1.17 bits per heavy atom. The van der Waals surface area contributed by atoms with Crippen LogP contribution in [-0.2, 0) is 11.2 Å². The Morgan fingerprint density at radius 2 is 2.00 bits per heavy atom. The minimum Gasteiger partial charge on any atom is -0.497 e. The summed E-state index contributed by atoms with van der Waals surface area (Å²) < 4.78 is 31.3. The molecule has 0 radical (unpaired) electrons. The van der Waals surface area contributed by atoms with Gasteiger partial charge in [-0.05, 0) is 36.2 Å². The molecule has 0 atom stereocenters. The number of carbonyl (C=O) groups is 1. The lowest BCUT2D eigenvalue weighted by molar-refractivity contribution is -0.119. The molecule has 0 spiro atoms. The maximum atomic E-state index is 13.4. The minimum atomic E-state index is -0.728. The molecule has 0 bridgehead atoms. The third-order valence-electron chi connectivity index (χ3n) is 3.24. The van der Waals surface area contributed by atoms with Gasteiger partial charge in [0.2, 0.25) is 5.91 Å². The standard InChI is InChI=1S/C17H18F2N2O2/c1-23-14-4-2-3-12(9-14)7-8-20-17(22)11-21-16-6-5-13(18)10-15(16)19/h2-6,9-10,21H,7-8,11H2,1H3,(H,20,22). The Hall–Kier alpha value is -2.63. The predicted molar refractivity (Wildman–Crippen MR) is 84.6 cm³/mol. The monoisotopic (exact) mass is 320 g/mol. The van der Waals surface area contributed by atoms with Gasteiger partial charge in [-0.2, -0.15) is 0 Å². The topological polar surface area (TPSA) is 50.4 Å². The summed E-state index contributed by atoms with van der Waals surface area (Å²) in [6.07, 6.45) is 0.661. The normalized spacial score (nSPS) is 10.2. The van der Waals surface area contributed by atoms with Gasteiger partial charge < -0.3 is 15.4 Å². The lowest BCUT2D eigenvalue weighted by Gasteiger charge is -2.09. The summed E-state index contributed by atoms with van der Waals surface area (Å²) in [4.78, 5) is 11.7. The van der Waals surface area contributed by atoms with Gasteiger partial charge in [0.15, 0.2) is 0 Å². The largest absolute Gasteiger partial charge is 0.497 e. The van der Waals surface area contributed by atoms with E-state index in [1.165, 1.54) is 6.07 Å². The molecule has 0 saturated heterocycles. The average Bonchev–Trinajstić information content (AvgIpc) is 2.54. The fraction of sp³-hybridized carbons (Fsp3) is 0.235. The molecular formula is C17H18F2N2O2. The zero-order chi connectivity index (χ0) is 16.7. The second-order valence-corrected chi connectivity index (χ2v) is 4.93. The molecule has 0 saturated carbocycles. The van der Waals surface area contributed by atoms with E-state index in [1.807, 2.05) is 24.3 Å². The molecule has 0 aliphatic rings. The zero-order valence-electron chi connectivity index (χ0n) is 12.7. The van der Waals surface area contributed by atoms with Gasteiger partial charge in [0, 0.05) is 12.6 Å². The molecular weight excluding hydrogens is 302 g/mol. The lowest BCUT2D eigenvalue weighted by atomic mass is 10.1. The van der Waals surface area contributed by atoms with Crippen LogP contribution in [0.2, 0.25) is 0 Å². The molecule has 0 unspecified atom stereocenters. The third kappa shape index (κ3) is 5.25. The van der Waals surface area contributed by atoms with Crippen LogP contribution in [0.25, 0.3) is 0 Å². The van der Waals surface area contributed by atoms with Crippen molar-refractivity contribution >= 4 is 11.6 Å². The summed E-state index contributed by atoms with van der Waals surface area (Å²) in [6.45, 7) is 0.375. The number of nitrogens with one attached hydrogen (secondary N) is 2. The number of amides is 1. The summed E-state index contributed by atoms with van der Waals surface area (Å²) in [5.74, 6) is -0.885. The van der Waals surface area contributed by atoms with Crippen LogP contribution in [0.5, 0.6) is 5.75 Å². The van der Waals surface area contributed by atoms with E-state index in [1.54, 1.807) is 7.11 Å². The molecule has 0 aliphatic heterocycles. The first-order valence-electron chi connectivity index (χ1n) is 7.17. The fourth-order valence-electron chi connectivity index (χ4n) is 2.05. The van der Waals surface area contributed by atoms with Crippen molar-refractivity contribution in [3.05, 3.63) is 59.7 Å². The van der Waals surface area contributed by atoms with E-state index in [2.05, 4.69) is 10.6 Å². The van der Waals surface area contributed by atoms with E-state index >= 15 is 0 Å². The molecule has 2 N–H and O–H groups in total. The van der Waals surface area contributed by atoms with Crippen LogP contribution in [0.1, 0.15) is 5.56 Å². The molecule has 2 aromatic rings. The summed E-state index contributed by atoms with van der Waals surface area (Å²) in [5, 5.41) is 5.36. The number of carbonyl (C=O) groups excluding carboxylic acids is 1. The van der Waals surface area contributed by atoms with Crippen molar-refractivity contribution < 1.29 is 18.3 Å². The van der Waals surface area contributed by atoms with Crippen molar-refractivity contribution in [1.82, 2.24) is 5.32 Å². The Kier molecular flexibility index (Phi) is 5.91. The quantitative estimate of drug-likeness (QED) is 0.825. The van der Waals surface area contributed by atoms with Gasteiger partial charge in [0.1, 0.15) is 17.4 Å². The zero-order valence-corrected chi connectivity index (χ0v) is 12.7. The van der Waals surface area contributed by atoms with Crippen molar-refractivity contribution in [2.24, 2.45) is 0 Å². The van der Waals surface area contributed by atoms with E-state index in [4.69, 9.17) is 4.74 Å². The second kappa shape index (κ2) is 8.12. The number of hydrogen-bond acceptors (Lipinski definition) is 3. The summed E-state index contributed by atoms with van der Waals surface area (Å²) in [5.41, 5.74) is 1.14. The number of methoxy groups -OCH3 is 1. The first kappa shape index (κ1) is 16.7. The Labute approximate surface area is 133 Å². The van der Waals surface area contributed by atoms with Gasteiger partial charge in [-0.1, -0.05) is 12.1 Å². The van der Waals surface area contributed by atoms with Crippen LogP contribution in [0.4, 0.5) is 14.5 Å². The summed E-state index contributed by atoms with van der Waals surface area (Å²) in [6, 6.07) is 10.7. The summed E-state index contributed by atoms with van der Waals surface area (Å²) >= 11 is 0. The van der Waals surface area contributed by atoms with E-state index in [-0.39, 0.29) is 18.1 Å². The van der Waals surface area contributed by atoms with Crippen LogP contribution in [0.15, 0.2) is 42.5 Å². The highest BCUT2D eigenvalue weighted by molar-refractivity contribution is 5.80. The maximum Gasteiger partial charge on any atom is 0.239 e. The number of hydrogen-bond donors (Lipinski definition) is 2. The molecule has 2 rings (SSSR count). The molecule has 2 aromatic carbocycles. The Bertz CT molecular complexity index is 677. The molecule has 0 aliphatic carbocycles. The van der Waals surface area contributed by atoms with Crippen molar-refractivity contribution in [2.45, 2.75) is 6.42 Å². The fourth-order valence-corrected chi connectivity index (χ4v) is 2.05. The minimum absolute atomic E-state index is 0.0827. The van der Waals surface area contributed by atoms with Gasteiger partial charge >= 0.3 is 0 Å². The first-order chi connectivity index (χ1) is 11.1. The van der Waals surface area contributed by atoms with Crippen LogP contribution < -0.4 is 15.4 Å². The Balaban J connectivity index is 1.74. The number of ether oxygens (including phenoxy) is 1. The van der Waals surface area contributed by atoms with E-state index in [0.29, 0.717) is 13.0 Å². The molecule has 122 valence electrons. The molecule has 0 aromatic heterocycles. The SMILES string of the molecule is COc1cccc(CCNC(=O)CNc2ccc(F)cc2F)c1. The number of halogens is 2. The second-order valence-electron chi connectivity index (χ2n) is 4.93. The molecule has 1 amide bonds. The third-order valence-corrected chi connectivity index (χ3v) is 3.24. The molecule has 6 heteroatoms. The van der Waals surface area contributed by atoms with E-state index in [9.17, 15) is 13.6 Å². The predicted octanol–water partition coefficient (Wildman–Crippen LogP) is 2.74. The van der Waals surface area contributed by atoms with Crippen LogP contribution >= 0.6 is 0 Å². The van der Waals surface area contributed by atoms with Gasteiger partial charge in [-0.15, -0.1) is 0 Å². The van der Waals surface area contributed by atoms with Crippen molar-refractivity contribution in [2.75, 3.05) is 25.5 Å². The average molecular weight is 320 g/mol. The molecule has 23 heavy (non-hydrogen) atoms. The Morgan fingerprint density at radius 3 is 2.74 bits per heavy atom. The van der Waals surface area contributed by atoms with Gasteiger partial charge in [-0.3, -0.25) is 4.79 Å². The molecule has 4 nitrogen and oxygen atoms in total. The number of benzene rings is 2. The summed E-state index contributed by atoms with van der Waals surface area (Å²) in [7, 11) is 1.60. The van der Waals surface area contributed by atoms with Crippen LogP contribution in [-0.4, -0.2) is 26.1 Å². The van der Waals surface area contributed by atoms with Gasteiger partial charge in [-0.25, -0.2) is 8.78 Å².